The highest BCUT2D eigenvalue weighted by Crippen LogP contribution is 2.07. The highest BCUT2D eigenvalue weighted by atomic mass is 15.1. The first-order chi connectivity index (χ1) is 7.66. The predicted molar refractivity (Wildman–Crippen MR) is 74.9 cm³/mol. The molecule has 0 aliphatic heterocycles. The minimum Gasteiger partial charge on any atom is -0.306 e. The summed E-state index contributed by atoms with van der Waals surface area (Å²) in [6.07, 6.45) is 11.2. The molecule has 98 valence electrons. The standard InChI is InChI=1S/C15H33N/c1-5-6-7-8-9-10-13-16(4)14-11-12-15(2)3/h15H,5-14H2,1-4H3. The lowest BCUT2D eigenvalue weighted by atomic mass is 10.1. The maximum absolute atomic E-state index is 2.50. The third-order valence-electron chi connectivity index (χ3n) is 3.21. The fourth-order valence-electron chi connectivity index (χ4n) is 2.04. The fraction of sp³-hybridized carbons (Fsp3) is 1.00. The Morgan fingerprint density at radius 2 is 1.38 bits per heavy atom. The highest BCUT2D eigenvalue weighted by Gasteiger charge is 1.99. The van der Waals surface area contributed by atoms with Crippen LogP contribution < -0.4 is 0 Å². The van der Waals surface area contributed by atoms with Crippen molar-refractivity contribution in [1.82, 2.24) is 4.90 Å². The van der Waals surface area contributed by atoms with Crippen LogP contribution in [0.25, 0.3) is 0 Å². The molecule has 0 amide bonds. The molecule has 0 spiro atoms. The second kappa shape index (κ2) is 11.4. The van der Waals surface area contributed by atoms with Gasteiger partial charge in [0.2, 0.25) is 0 Å². The molecule has 0 bridgehead atoms. The zero-order valence-corrected chi connectivity index (χ0v) is 12.1. The van der Waals surface area contributed by atoms with Gasteiger partial charge < -0.3 is 4.90 Å². The van der Waals surface area contributed by atoms with E-state index in [0.717, 1.165) is 5.92 Å². The molecule has 0 radical (unpaired) electrons. The van der Waals surface area contributed by atoms with Crippen LogP contribution in [0.5, 0.6) is 0 Å². The van der Waals surface area contributed by atoms with E-state index in [9.17, 15) is 0 Å². The van der Waals surface area contributed by atoms with Crippen molar-refractivity contribution in [1.29, 1.82) is 0 Å². The van der Waals surface area contributed by atoms with Gasteiger partial charge in [0.05, 0.1) is 0 Å². The van der Waals surface area contributed by atoms with Gasteiger partial charge in [-0.3, -0.25) is 0 Å². The first-order valence-corrected chi connectivity index (χ1v) is 7.35. The van der Waals surface area contributed by atoms with Gasteiger partial charge in [0.1, 0.15) is 0 Å². The Morgan fingerprint density at radius 3 is 2.00 bits per heavy atom. The van der Waals surface area contributed by atoms with Gasteiger partial charge >= 0.3 is 0 Å². The summed E-state index contributed by atoms with van der Waals surface area (Å²) in [5.41, 5.74) is 0. The van der Waals surface area contributed by atoms with Gasteiger partial charge in [-0.25, -0.2) is 0 Å². The number of rotatable bonds is 11. The Hall–Kier alpha value is -0.0400. The second-order valence-electron chi connectivity index (χ2n) is 5.61. The van der Waals surface area contributed by atoms with Crippen LogP contribution in [-0.4, -0.2) is 25.0 Å². The van der Waals surface area contributed by atoms with Crippen molar-refractivity contribution in [2.45, 2.75) is 72.1 Å². The molecule has 0 aromatic carbocycles. The summed E-state index contributed by atoms with van der Waals surface area (Å²) in [6, 6.07) is 0. The molecule has 0 aromatic rings. The van der Waals surface area contributed by atoms with E-state index in [1.54, 1.807) is 0 Å². The Labute approximate surface area is 104 Å². The van der Waals surface area contributed by atoms with Crippen molar-refractivity contribution >= 4 is 0 Å². The van der Waals surface area contributed by atoms with Gasteiger partial charge in [-0.15, -0.1) is 0 Å². The summed E-state index contributed by atoms with van der Waals surface area (Å²) in [5.74, 6) is 0.863. The van der Waals surface area contributed by atoms with Crippen LogP contribution in [0, 0.1) is 5.92 Å². The van der Waals surface area contributed by atoms with Crippen molar-refractivity contribution < 1.29 is 0 Å². The maximum Gasteiger partial charge on any atom is -0.00217 e. The third kappa shape index (κ3) is 12.0. The molecule has 0 saturated carbocycles. The second-order valence-corrected chi connectivity index (χ2v) is 5.61. The molecule has 0 heterocycles. The number of unbranched alkanes of at least 4 members (excludes halogenated alkanes) is 5. The van der Waals surface area contributed by atoms with Gasteiger partial charge in [-0.2, -0.15) is 0 Å². The minimum atomic E-state index is 0.863. The van der Waals surface area contributed by atoms with Gasteiger partial charge in [-0.05, 0) is 45.3 Å². The summed E-state index contributed by atoms with van der Waals surface area (Å²) in [5, 5.41) is 0. The molecular weight excluding hydrogens is 194 g/mol. The van der Waals surface area contributed by atoms with E-state index in [-0.39, 0.29) is 0 Å². The molecule has 16 heavy (non-hydrogen) atoms. The van der Waals surface area contributed by atoms with E-state index >= 15 is 0 Å². The molecule has 0 fully saturated rings. The van der Waals surface area contributed by atoms with Crippen LogP contribution in [0.3, 0.4) is 0 Å². The van der Waals surface area contributed by atoms with Gasteiger partial charge in [0.25, 0.3) is 0 Å². The minimum absolute atomic E-state index is 0.863. The zero-order chi connectivity index (χ0) is 12.2. The van der Waals surface area contributed by atoms with E-state index in [0.29, 0.717) is 0 Å². The number of nitrogens with zero attached hydrogens (tertiary/aromatic N) is 1. The first-order valence-electron chi connectivity index (χ1n) is 7.35. The topological polar surface area (TPSA) is 3.24 Å². The smallest absolute Gasteiger partial charge is 0.00217 e. The molecule has 0 rings (SSSR count). The quantitative estimate of drug-likeness (QED) is 0.462. The Balaban J connectivity index is 3.14. The Bertz CT molecular complexity index is 131. The van der Waals surface area contributed by atoms with Gasteiger partial charge in [0.15, 0.2) is 0 Å². The van der Waals surface area contributed by atoms with Crippen molar-refractivity contribution in [3.8, 4) is 0 Å². The highest BCUT2D eigenvalue weighted by molar-refractivity contribution is 4.54. The normalized spacial score (nSPS) is 11.6. The summed E-state index contributed by atoms with van der Waals surface area (Å²) in [7, 11) is 2.27. The van der Waals surface area contributed by atoms with Crippen molar-refractivity contribution in [2.75, 3.05) is 20.1 Å². The summed E-state index contributed by atoms with van der Waals surface area (Å²) in [6.45, 7) is 9.49. The summed E-state index contributed by atoms with van der Waals surface area (Å²) < 4.78 is 0. The van der Waals surface area contributed by atoms with E-state index < -0.39 is 0 Å². The van der Waals surface area contributed by atoms with Crippen LogP contribution in [0.2, 0.25) is 0 Å². The molecule has 0 saturated heterocycles. The lowest BCUT2D eigenvalue weighted by Gasteiger charge is -2.16. The molecule has 0 aromatic heterocycles. The van der Waals surface area contributed by atoms with Gasteiger partial charge in [-0.1, -0.05) is 52.9 Å². The lowest BCUT2D eigenvalue weighted by molar-refractivity contribution is 0.309. The summed E-state index contributed by atoms with van der Waals surface area (Å²) in [4.78, 5) is 2.50. The number of hydrogen-bond donors (Lipinski definition) is 0. The SMILES string of the molecule is CCCCCCCCN(C)CCCC(C)C. The fourth-order valence-corrected chi connectivity index (χ4v) is 2.04. The maximum atomic E-state index is 2.50. The molecule has 0 N–H and O–H groups in total. The average Bonchev–Trinajstić information content (AvgIpc) is 2.22. The Morgan fingerprint density at radius 1 is 0.812 bits per heavy atom. The van der Waals surface area contributed by atoms with Crippen LogP contribution >= 0.6 is 0 Å². The predicted octanol–water partition coefficient (Wildman–Crippen LogP) is 4.71. The number of hydrogen-bond acceptors (Lipinski definition) is 1. The van der Waals surface area contributed by atoms with Crippen LogP contribution in [0.4, 0.5) is 0 Å². The first kappa shape index (κ1) is 16.0. The van der Waals surface area contributed by atoms with Crippen LogP contribution in [0.15, 0.2) is 0 Å². The van der Waals surface area contributed by atoms with E-state index in [1.807, 2.05) is 0 Å². The van der Waals surface area contributed by atoms with E-state index in [4.69, 9.17) is 0 Å². The lowest BCUT2D eigenvalue weighted by Crippen LogP contribution is -2.21. The van der Waals surface area contributed by atoms with E-state index in [1.165, 1.54) is 64.5 Å². The average molecular weight is 227 g/mol. The largest absolute Gasteiger partial charge is 0.306 e. The molecule has 0 atom stereocenters. The molecule has 1 heteroatoms. The van der Waals surface area contributed by atoms with Crippen molar-refractivity contribution in [2.24, 2.45) is 5.92 Å². The van der Waals surface area contributed by atoms with Crippen LogP contribution in [0.1, 0.15) is 72.1 Å². The molecule has 0 aliphatic rings. The molecule has 0 unspecified atom stereocenters. The Kier molecular flexibility index (Phi) is 11.4. The van der Waals surface area contributed by atoms with Crippen LogP contribution in [-0.2, 0) is 0 Å². The zero-order valence-electron chi connectivity index (χ0n) is 12.1. The molecule has 1 nitrogen and oxygen atoms in total. The molecular formula is C15H33N. The molecule has 0 aliphatic carbocycles. The summed E-state index contributed by atoms with van der Waals surface area (Å²) >= 11 is 0. The van der Waals surface area contributed by atoms with Crippen molar-refractivity contribution in [3.05, 3.63) is 0 Å². The third-order valence-corrected chi connectivity index (χ3v) is 3.21. The van der Waals surface area contributed by atoms with Gasteiger partial charge in [0, 0.05) is 0 Å². The van der Waals surface area contributed by atoms with E-state index in [2.05, 4.69) is 32.7 Å². The van der Waals surface area contributed by atoms with Crippen molar-refractivity contribution in [3.63, 3.8) is 0 Å². The monoisotopic (exact) mass is 227 g/mol.